The summed E-state index contributed by atoms with van der Waals surface area (Å²) in [6, 6.07) is 2.84. The second kappa shape index (κ2) is 6.64. The van der Waals surface area contributed by atoms with Crippen molar-refractivity contribution in [2.24, 2.45) is 5.92 Å². The van der Waals surface area contributed by atoms with Gasteiger partial charge in [-0.1, -0.05) is 0 Å². The van der Waals surface area contributed by atoms with Crippen molar-refractivity contribution in [2.75, 3.05) is 17.7 Å². The first kappa shape index (κ1) is 19.5. The quantitative estimate of drug-likeness (QED) is 0.423. The smallest absolute Gasteiger partial charge is 0.368 e. The average molecular weight is 429 g/mol. The molecule has 0 aromatic heterocycles. The van der Waals surface area contributed by atoms with E-state index < -0.39 is 21.8 Å². The Hall–Kier alpha value is -1.78. The number of halogens is 1. The van der Waals surface area contributed by atoms with Gasteiger partial charge in [0.2, 0.25) is 15.9 Å². The molecule has 4 aliphatic rings. The first-order valence-corrected chi connectivity index (χ1v) is 11.6. The molecule has 2 bridgehead atoms. The highest BCUT2D eigenvalue weighted by Crippen LogP contribution is 2.62. The van der Waals surface area contributed by atoms with Crippen LogP contribution in [0.1, 0.15) is 26.2 Å². The predicted octanol–water partition coefficient (Wildman–Crippen LogP) is 2.72. The molecular weight excluding hydrogens is 407 g/mol. The van der Waals surface area contributed by atoms with E-state index >= 15 is 0 Å². The highest BCUT2D eigenvalue weighted by Gasteiger charge is 2.61. The number of nitrogens with zero attached hydrogens (tertiary/aromatic N) is 1. The second-order valence-electron chi connectivity index (χ2n) is 7.70. The van der Waals surface area contributed by atoms with Crippen molar-refractivity contribution >= 4 is 33.4 Å². The third-order valence-electron chi connectivity index (χ3n) is 5.71. The maximum absolute atomic E-state index is 13.3. The third kappa shape index (κ3) is 3.07. The molecule has 5 rings (SSSR count). The number of fused-ring (bicyclic) bond motifs is 1. The van der Waals surface area contributed by atoms with E-state index in [0.29, 0.717) is 23.4 Å². The molecule has 0 spiro atoms. The van der Waals surface area contributed by atoms with E-state index in [1.165, 1.54) is 17.8 Å². The van der Waals surface area contributed by atoms with Crippen molar-refractivity contribution in [1.82, 2.24) is 4.72 Å². The minimum Gasteiger partial charge on any atom is -0.476 e. The van der Waals surface area contributed by atoms with E-state index in [1.807, 2.05) is 6.92 Å². The number of carboxylic acid groups (broad SMARTS) is 1. The highest BCUT2D eigenvalue weighted by atomic mass is 32.2. The van der Waals surface area contributed by atoms with Gasteiger partial charge in [-0.15, -0.1) is 11.8 Å². The summed E-state index contributed by atoms with van der Waals surface area (Å²) in [6.45, 7) is 2.40. The van der Waals surface area contributed by atoms with Gasteiger partial charge in [-0.05, 0) is 44.4 Å². The van der Waals surface area contributed by atoms with Crippen LogP contribution in [0.15, 0.2) is 34.0 Å². The van der Waals surface area contributed by atoms with Crippen molar-refractivity contribution in [3.63, 3.8) is 0 Å². The molecule has 1 heterocycles. The summed E-state index contributed by atoms with van der Waals surface area (Å²) in [5.41, 5.74) is 0.636. The van der Waals surface area contributed by atoms with Crippen molar-refractivity contribution in [1.29, 1.82) is 0 Å². The molecule has 0 radical (unpaired) electrons. The normalized spacial score (nSPS) is 30.5. The minimum atomic E-state index is -3.80. The summed E-state index contributed by atoms with van der Waals surface area (Å²) < 4.78 is 47.0. The molecule has 1 aliphatic heterocycles. The van der Waals surface area contributed by atoms with Crippen molar-refractivity contribution in [3.05, 3.63) is 24.2 Å². The van der Waals surface area contributed by atoms with Crippen molar-refractivity contribution < 1.29 is 27.4 Å². The van der Waals surface area contributed by atoms with E-state index in [4.69, 9.17) is 9.84 Å². The van der Waals surface area contributed by atoms with Gasteiger partial charge in [0, 0.05) is 24.2 Å². The summed E-state index contributed by atoms with van der Waals surface area (Å²) >= 11 is 1.32. The van der Waals surface area contributed by atoms with Crippen LogP contribution in [-0.4, -0.2) is 43.9 Å². The summed E-state index contributed by atoms with van der Waals surface area (Å²) in [5, 5.41) is 8.65. The maximum Gasteiger partial charge on any atom is 0.368 e. The average Bonchev–Trinajstić information content (AvgIpc) is 2.63. The molecule has 3 aliphatic carbocycles. The number of nitrogens with one attached hydrogen (secondary N) is 1. The number of hydrogen-bond donors (Lipinski definition) is 2. The Morgan fingerprint density at radius 1 is 1.43 bits per heavy atom. The number of sulfonamides is 1. The molecule has 1 aromatic rings. The molecule has 0 saturated heterocycles. The van der Waals surface area contributed by atoms with E-state index in [-0.39, 0.29) is 22.2 Å². The lowest BCUT2D eigenvalue weighted by Crippen LogP contribution is -2.69. The first-order chi connectivity index (χ1) is 13.1. The van der Waals surface area contributed by atoms with Crippen molar-refractivity contribution in [2.45, 2.75) is 47.6 Å². The number of rotatable bonds is 5. The van der Waals surface area contributed by atoms with Gasteiger partial charge in [0.25, 0.3) is 0 Å². The number of thioether (sulfide) groups is 1. The molecule has 152 valence electrons. The second-order valence-corrected chi connectivity index (χ2v) is 10.2. The number of ether oxygens (including phenoxy) is 1. The molecule has 2 N–H and O–H groups in total. The van der Waals surface area contributed by atoms with E-state index in [0.717, 1.165) is 25.2 Å². The van der Waals surface area contributed by atoms with Gasteiger partial charge in [0.05, 0.1) is 10.6 Å². The molecule has 28 heavy (non-hydrogen) atoms. The fourth-order valence-electron chi connectivity index (χ4n) is 4.32. The third-order valence-corrected chi connectivity index (χ3v) is 8.09. The van der Waals surface area contributed by atoms with Crippen LogP contribution in [0.2, 0.25) is 0 Å². The van der Waals surface area contributed by atoms with Crippen LogP contribution in [-0.2, 0) is 14.8 Å². The van der Waals surface area contributed by atoms with Crippen LogP contribution in [0.25, 0.3) is 0 Å². The standard InChI is InChI=1S/C18H21FN2O5S2/c1-10-8-21(18-5-11(6-18)7-18)13-3-15(27-2)14(26-9-12(19)17(22)23)4-16(13)28(24,25)20-10/h3-4,9-11,20H,5-8H2,1-2H3,(H,22,23)/b12-9-/t10-,11?,18?/m1/s1. The summed E-state index contributed by atoms with van der Waals surface area (Å²) in [4.78, 5) is 13.5. The lowest BCUT2D eigenvalue weighted by Gasteiger charge is -2.67. The Bertz CT molecular complexity index is 961. The monoisotopic (exact) mass is 428 g/mol. The summed E-state index contributed by atoms with van der Waals surface area (Å²) in [6.07, 6.45) is 5.47. The molecule has 3 fully saturated rings. The molecule has 7 nitrogen and oxygen atoms in total. The van der Waals surface area contributed by atoms with Gasteiger partial charge in [0.15, 0.2) is 0 Å². The Balaban J connectivity index is 1.82. The molecular formula is C18H21FN2O5S2. The fraction of sp³-hybridized carbons (Fsp3) is 0.500. The van der Waals surface area contributed by atoms with E-state index in [2.05, 4.69) is 9.62 Å². The van der Waals surface area contributed by atoms with Gasteiger partial charge in [-0.25, -0.2) is 17.9 Å². The Kier molecular flexibility index (Phi) is 4.63. The van der Waals surface area contributed by atoms with Crippen LogP contribution in [0, 0.1) is 5.92 Å². The number of carbonyl (C=O) groups is 1. The zero-order valence-corrected chi connectivity index (χ0v) is 17.1. The van der Waals surface area contributed by atoms with E-state index in [9.17, 15) is 17.6 Å². The largest absolute Gasteiger partial charge is 0.476 e. The van der Waals surface area contributed by atoms with Crippen LogP contribution in [0.3, 0.4) is 0 Å². The van der Waals surface area contributed by atoms with Crippen LogP contribution < -0.4 is 14.4 Å². The Morgan fingerprint density at radius 2 is 2.11 bits per heavy atom. The maximum atomic E-state index is 13.3. The first-order valence-electron chi connectivity index (χ1n) is 8.93. The van der Waals surface area contributed by atoms with Crippen molar-refractivity contribution in [3.8, 4) is 5.75 Å². The Labute approximate surface area is 167 Å². The zero-order chi connectivity index (χ0) is 20.3. The molecule has 10 heteroatoms. The highest BCUT2D eigenvalue weighted by molar-refractivity contribution is 7.98. The van der Waals surface area contributed by atoms with Crippen LogP contribution in [0.4, 0.5) is 10.1 Å². The minimum absolute atomic E-state index is 0.0165. The van der Waals surface area contributed by atoms with Gasteiger partial charge >= 0.3 is 5.97 Å². The topological polar surface area (TPSA) is 95.9 Å². The zero-order valence-electron chi connectivity index (χ0n) is 15.4. The predicted molar refractivity (Wildman–Crippen MR) is 103 cm³/mol. The SMILES string of the molecule is CSc1cc2c(cc1O/C=C(\F)C(=O)O)S(=O)(=O)N[C@H](C)CN2C12CC(C1)C2. The molecule has 0 unspecified atom stereocenters. The summed E-state index contributed by atoms with van der Waals surface area (Å²) in [5.74, 6) is -2.39. The molecule has 3 saturated carbocycles. The number of benzene rings is 1. The van der Waals surface area contributed by atoms with E-state index in [1.54, 1.807) is 12.3 Å². The van der Waals surface area contributed by atoms with Gasteiger partial charge < -0.3 is 14.7 Å². The molecule has 0 amide bonds. The Morgan fingerprint density at radius 3 is 2.64 bits per heavy atom. The summed E-state index contributed by atoms with van der Waals surface area (Å²) in [7, 11) is -3.80. The van der Waals surface area contributed by atoms with Gasteiger partial charge in [-0.3, -0.25) is 0 Å². The van der Waals surface area contributed by atoms with Gasteiger partial charge in [-0.2, -0.15) is 4.39 Å². The molecule has 1 aromatic carbocycles. The number of hydrogen-bond acceptors (Lipinski definition) is 6. The number of aliphatic carboxylic acids is 1. The fourth-order valence-corrected chi connectivity index (χ4v) is 6.30. The van der Waals surface area contributed by atoms with Crippen LogP contribution in [0.5, 0.6) is 5.75 Å². The molecule has 1 atom stereocenters. The lowest BCUT2D eigenvalue weighted by molar-refractivity contribution is -0.134. The van der Waals surface area contributed by atoms with Gasteiger partial charge in [0.1, 0.15) is 16.9 Å². The lowest BCUT2D eigenvalue weighted by atomic mass is 9.49. The number of carboxylic acids is 1. The van der Waals surface area contributed by atoms with Crippen LogP contribution >= 0.6 is 11.8 Å². The number of anilines is 1.